The van der Waals surface area contributed by atoms with Crippen LogP contribution in [0.4, 0.5) is 5.69 Å². The van der Waals surface area contributed by atoms with Gasteiger partial charge in [-0.25, -0.2) is 5.53 Å². The minimum atomic E-state index is 0.513. The zero-order chi connectivity index (χ0) is 7.40. The Morgan fingerprint density at radius 3 is 2.90 bits per heavy atom. The maximum atomic E-state index is 8.40. The largest absolute Gasteiger partial charge is 0.204 e. The monoisotopic (exact) mass is 131 g/mol. The van der Waals surface area contributed by atoms with Crippen LogP contribution in [0.1, 0.15) is 5.56 Å². The molecule has 0 aromatic heterocycles. The van der Waals surface area contributed by atoms with Crippen LogP contribution in [-0.2, 0) is 0 Å². The standard InChI is InChI=1S/C7H5N3/c8-5-6-2-1-3-7(4-6)10-9/h1-4,9H. The van der Waals surface area contributed by atoms with Crippen LogP contribution >= 0.6 is 0 Å². The number of hydrogen-bond acceptors (Lipinski definition) is 3. The van der Waals surface area contributed by atoms with Crippen LogP contribution < -0.4 is 0 Å². The average molecular weight is 131 g/mol. The second kappa shape index (κ2) is 2.74. The normalized spacial score (nSPS) is 8.30. The van der Waals surface area contributed by atoms with Crippen molar-refractivity contribution < 1.29 is 0 Å². The molecule has 1 aromatic carbocycles. The van der Waals surface area contributed by atoms with Crippen molar-refractivity contribution in [3.63, 3.8) is 0 Å². The Bertz CT molecular complexity index is 285. The lowest BCUT2D eigenvalue weighted by atomic mass is 10.2. The Balaban J connectivity index is 3.13. The van der Waals surface area contributed by atoms with Gasteiger partial charge in [0.1, 0.15) is 0 Å². The van der Waals surface area contributed by atoms with Gasteiger partial charge in [-0.2, -0.15) is 10.4 Å². The van der Waals surface area contributed by atoms with Gasteiger partial charge in [0.05, 0.1) is 17.3 Å². The van der Waals surface area contributed by atoms with Crippen molar-refractivity contribution in [3.05, 3.63) is 29.8 Å². The SMILES string of the molecule is N#Cc1cccc(N=N)c1. The minimum Gasteiger partial charge on any atom is -0.204 e. The molecular formula is C7H5N3. The van der Waals surface area contributed by atoms with E-state index in [1.54, 1.807) is 24.3 Å². The molecular weight excluding hydrogens is 126 g/mol. The van der Waals surface area contributed by atoms with E-state index in [9.17, 15) is 0 Å². The van der Waals surface area contributed by atoms with E-state index in [2.05, 4.69) is 5.11 Å². The molecule has 0 unspecified atom stereocenters. The molecule has 1 rings (SSSR count). The van der Waals surface area contributed by atoms with Gasteiger partial charge in [-0.1, -0.05) is 6.07 Å². The summed E-state index contributed by atoms with van der Waals surface area (Å²) in [6.07, 6.45) is 0. The summed E-state index contributed by atoms with van der Waals surface area (Å²) in [7, 11) is 0. The van der Waals surface area contributed by atoms with Crippen LogP contribution in [0.3, 0.4) is 0 Å². The van der Waals surface area contributed by atoms with Crippen molar-refractivity contribution in [2.45, 2.75) is 0 Å². The number of nitrogens with one attached hydrogen (secondary N) is 1. The summed E-state index contributed by atoms with van der Waals surface area (Å²) in [5, 5.41) is 11.6. The zero-order valence-corrected chi connectivity index (χ0v) is 5.20. The third-order valence-electron chi connectivity index (χ3n) is 1.10. The van der Waals surface area contributed by atoms with Crippen molar-refractivity contribution >= 4 is 5.69 Å². The van der Waals surface area contributed by atoms with Gasteiger partial charge in [0.25, 0.3) is 0 Å². The number of nitriles is 1. The first-order valence-corrected chi connectivity index (χ1v) is 2.74. The maximum Gasteiger partial charge on any atom is 0.0992 e. The van der Waals surface area contributed by atoms with Crippen LogP contribution in [0.15, 0.2) is 29.4 Å². The first-order chi connectivity index (χ1) is 4.86. The highest BCUT2D eigenvalue weighted by Crippen LogP contribution is 2.11. The average Bonchev–Trinajstić information content (AvgIpc) is 2.05. The molecule has 10 heavy (non-hydrogen) atoms. The molecule has 0 heterocycles. The van der Waals surface area contributed by atoms with Crippen LogP contribution in [0.25, 0.3) is 0 Å². The van der Waals surface area contributed by atoms with Gasteiger partial charge in [-0.05, 0) is 18.2 Å². The summed E-state index contributed by atoms with van der Waals surface area (Å²) in [5.74, 6) is 0. The molecule has 0 saturated carbocycles. The van der Waals surface area contributed by atoms with Gasteiger partial charge in [-0.15, -0.1) is 0 Å². The second-order valence-electron chi connectivity index (χ2n) is 1.77. The van der Waals surface area contributed by atoms with E-state index in [0.29, 0.717) is 11.3 Å². The first-order valence-electron chi connectivity index (χ1n) is 2.74. The second-order valence-corrected chi connectivity index (χ2v) is 1.77. The molecule has 3 heteroatoms. The predicted molar refractivity (Wildman–Crippen MR) is 36.0 cm³/mol. The Morgan fingerprint density at radius 2 is 2.30 bits per heavy atom. The topological polar surface area (TPSA) is 60.0 Å². The zero-order valence-electron chi connectivity index (χ0n) is 5.20. The van der Waals surface area contributed by atoms with E-state index in [1.807, 2.05) is 6.07 Å². The molecule has 0 aliphatic carbocycles. The predicted octanol–water partition coefficient (Wildman–Crippen LogP) is 2.22. The van der Waals surface area contributed by atoms with Gasteiger partial charge >= 0.3 is 0 Å². The summed E-state index contributed by atoms with van der Waals surface area (Å²) < 4.78 is 0. The van der Waals surface area contributed by atoms with Crippen LogP contribution in [0.5, 0.6) is 0 Å². The van der Waals surface area contributed by atoms with E-state index in [1.165, 1.54) is 0 Å². The van der Waals surface area contributed by atoms with Gasteiger partial charge in [0.15, 0.2) is 0 Å². The van der Waals surface area contributed by atoms with Crippen molar-refractivity contribution in [3.8, 4) is 6.07 Å². The molecule has 0 spiro atoms. The fraction of sp³-hybridized carbons (Fsp3) is 0. The lowest BCUT2D eigenvalue weighted by molar-refractivity contribution is 1.15. The Kier molecular flexibility index (Phi) is 1.76. The fourth-order valence-electron chi connectivity index (χ4n) is 0.645. The molecule has 0 fully saturated rings. The maximum absolute atomic E-state index is 8.40. The van der Waals surface area contributed by atoms with Crippen molar-refractivity contribution in [2.24, 2.45) is 5.11 Å². The molecule has 0 saturated heterocycles. The highest BCUT2D eigenvalue weighted by Gasteiger charge is 1.89. The van der Waals surface area contributed by atoms with E-state index in [0.717, 1.165) is 0 Å². The Morgan fingerprint density at radius 1 is 1.50 bits per heavy atom. The van der Waals surface area contributed by atoms with Crippen molar-refractivity contribution in [1.82, 2.24) is 0 Å². The van der Waals surface area contributed by atoms with E-state index in [4.69, 9.17) is 10.8 Å². The molecule has 0 radical (unpaired) electrons. The molecule has 0 bridgehead atoms. The molecule has 0 amide bonds. The van der Waals surface area contributed by atoms with Crippen LogP contribution in [0, 0.1) is 16.9 Å². The molecule has 48 valence electrons. The Labute approximate surface area is 58.4 Å². The summed E-state index contributed by atoms with van der Waals surface area (Å²) in [6.45, 7) is 0. The summed E-state index contributed by atoms with van der Waals surface area (Å²) in [6, 6.07) is 8.57. The smallest absolute Gasteiger partial charge is 0.0992 e. The van der Waals surface area contributed by atoms with E-state index < -0.39 is 0 Å². The van der Waals surface area contributed by atoms with Crippen molar-refractivity contribution in [2.75, 3.05) is 0 Å². The van der Waals surface area contributed by atoms with E-state index >= 15 is 0 Å². The molecule has 0 atom stereocenters. The summed E-state index contributed by atoms with van der Waals surface area (Å²) in [5.41, 5.74) is 7.68. The highest BCUT2D eigenvalue weighted by molar-refractivity contribution is 5.43. The van der Waals surface area contributed by atoms with Crippen molar-refractivity contribution in [1.29, 1.82) is 10.8 Å². The number of hydrogen-bond donors (Lipinski definition) is 1. The lowest BCUT2D eigenvalue weighted by Gasteiger charge is -1.88. The third kappa shape index (κ3) is 1.17. The van der Waals surface area contributed by atoms with Gasteiger partial charge in [-0.3, -0.25) is 0 Å². The molecule has 0 aliphatic rings. The molecule has 1 aromatic rings. The summed E-state index contributed by atoms with van der Waals surface area (Å²) >= 11 is 0. The first kappa shape index (κ1) is 6.43. The van der Waals surface area contributed by atoms with Gasteiger partial charge in [0, 0.05) is 0 Å². The van der Waals surface area contributed by atoms with E-state index in [-0.39, 0.29) is 0 Å². The quantitative estimate of drug-likeness (QED) is 0.583. The molecule has 0 aliphatic heterocycles. The molecule has 1 N–H and O–H groups in total. The van der Waals surface area contributed by atoms with Gasteiger partial charge < -0.3 is 0 Å². The fourth-order valence-corrected chi connectivity index (χ4v) is 0.645. The number of rotatable bonds is 1. The van der Waals surface area contributed by atoms with Gasteiger partial charge in [0.2, 0.25) is 0 Å². The minimum absolute atomic E-state index is 0.513. The lowest BCUT2D eigenvalue weighted by Crippen LogP contribution is -1.69. The van der Waals surface area contributed by atoms with Crippen LogP contribution in [-0.4, -0.2) is 0 Å². The summed E-state index contributed by atoms with van der Waals surface area (Å²) in [4.78, 5) is 0. The highest BCUT2D eigenvalue weighted by atomic mass is 15.0. The Hall–Kier alpha value is -1.69. The van der Waals surface area contributed by atoms with Crippen LogP contribution in [0.2, 0.25) is 0 Å². The molecule has 3 nitrogen and oxygen atoms in total. The number of benzene rings is 1. The number of nitrogens with zero attached hydrogens (tertiary/aromatic N) is 2. The third-order valence-corrected chi connectivity index (χ3v) is 1.10.